The lowest BCUT2D eigenvalue weighted by Crippen LogP contribution is -1.71. The normalized spacial score (nSPS) is 9.00. The van der Waals surface area contributed by atoms with Crippen LogP contribution in [-0.4, -0.2) is 0 Å². The molecule has 2 aromatic carbocycles. The van der Waals surface area contributed by atoms with Crippen LogP contribution in [0.1, 0.15) is 11.1 Å². The molecule has 0 aliphatic heterocycles. The van der Waals surface area contributed by atoms with Crippen molar-refractivity contribution in [3.63, 3.8) is 0 Å². The Morgan fingerprint density at radius 2 is 1.47 bits per heavy atom. The van der Waals surface area contributed by atoms with Crippen molar-refractivity contribution in [1.29, 1.82) is 0 Å². The van der Waals surface area contributed by atoms with Crippen LogP contribution in [0.4, 0.5) is 0 Å². The van der Waals surface area contributed by atoms with Crippen molar-refractivity contribution in [2.75, 3.05) is 0 Å². The summed E-state index contributed by atoms with van der Waals surface area (Å²) in [5.74, 6) is 0. The fourth-order valence-electron chi connectivity index (χ4n) is 1.39. The van der Waals surface area contributed by atoms with Crippen molar-refractivity contribution in [3.8, 4) is 0 Å². The van der Waals surface area contributed by atoms with Crippen LogP contribution in [0.25, 0.3) is 10.6 Å². The zero-order chi connectivity index (χ0) is 11.9. The van der Waals surface area contributed by atoms with Gasteiger partial charge in [-0.25, -0.2) is 0 Å². The molecule has 17 heavy (non-hydrogen) atoms. The molecule has 0 bridgehead atoms. The number of hydrogen-bond acceptors (Lipinski definition) is 0. The first kappa shape index (κ1) is 11.7. The number of halogens is 1. The first-order valence-electron chi connectivity index (χ1n) is 5.34. The molecule has 2 rings (SSSR count). The van der Waals surface area contributed by atoms with E-state index in [0.29, 0.717) is 0 Å². The molecular formula is C16H11Br. The maximum Gasteiger partial charge on any atom is 0.0749 e. The molecule has 0 saturated carbocycles. The fourth-order valence-corrected chi connectivity index (χ4v) is 1.77. The van der Waals surface area contributed by atoms with E-state index in [9.17, 15) is 0 Å². The Morgan fingerprint density at radius 1 is 0.882 bits per heavy atom. The Labute approximate surface area is 110 Å². The SMILES string of the molecule is BrC(=C=C=Cc1ccccc1)c1ccccc1. The summed E-state index contributed by atoms with van der Waals surface area (Å²) < 4.78 is 0.908. The van der Waals surface area contributed by atoms with Crippen molar-refractivity contribution in [2.45, 2.75) is 0 Å². The van der Waals surface area contributed by atoms with Crippen molar-refractivity contribution in [3.05, 3.63) is 83.3 Å². The third kappa shape index (κ3) is 3.62. The minimum absolute atomic E-state index is 0.908. The van der Waals surface area contributed by atoms with Crippen molar-refractivity contribution < 1.29 is 0 Å². The number of hydrogen-bond donors (Lipinski definition) is 0. The average Bonchev–Trinajstić information content (AvgIpc) is 2.41. The van der Waals surface area contributed by atoms with Gasteiger partial charge in [-0.1, -0.05) is 72.1 Å². The van der Waals surface area contributed by atoms with E-state index in [4.69, 9.17) is 0 Å². The first-order chi connectivity index (χ1) is 8.36. The monoisotopic (exact) mass is 282 g/mol. The van der Waals surface area contributed by atoms with E-state index in [1.54, 1.807) is 0 Å². The smallest absolute Gasteiger partial charge is 0.0684 e. The highest BCUT2D eigenvalue weighted by Gasteiger charge is 1.92. The average molecular weight is 283 g/mol. The molecule has 0 amide bonds. The van der Waals surface area contributed by atoms with Crippen molar-refractivity contribution >= 4 is 26.5 Å². The highest BCUT2D eigenvalue weighted by atomic mass is 79.9. The lowest BCUT2D eigenvalue weighted by molar-refractivity contribution is 1.66. The van der Waals surface area contributed by atoms with Crippen LogP contribution >= 0.6 is 15.9 Å². The lowest BCUT2D eigenvalue weighted by Gasteiger charge is -1.92. The van der Waals surface area contributed by atoms with Crippen LogP contribution < -0.4 is 0 Å². The fraction of sp³-hybridized carbons (Fsp3) is 0. The van der Waals surface area contributed by atoms with E-state index in [1.807, 2.05) is 66.7 Å². The van der Waals surface area contributed by atoms with Crippen LogP contribution in [-0.2, 0) is 0 Å². The summed E-state index contributed by atoms with van der Waals surface area (Å²) in [7, 11) is 0. The summed E-state index contributed by atoms with van der Waals surface area (Å²) in [5, 5.41) is 0. The van der Waals surface area contributed by atoms with Crippen LogP contribution in [0.5, 0.6) is 0 Å². The predicted octanol–water partition coefficient (Wildman–Crippen LogP) is 4.89. The minimum Gasteiger partial charge on any atom is -0.0684 e. The van der Waals surface area contributed by atoms with E-state index in [0.717, 1.165) is 15.6 Å². The Balaban J connectivity index is 2.28. The molecule has 0 aliphatic rings. The van der Waals surface area contributed by atoms with Crippen molar-refractivity contribution in [1.82, 2.24) is 0 Å². The molecule has 0 nitrogen and oxygen atoms in total. The van der Waals surface area contributed by atoms with Gasteiger partial charge >= 0.3 is 0 Å². The molecule has 1 heteroatoms. The molecule has 0 N–H and O–H groups in total. The van der Waals surface area contributed by atoms with Gasteiger partial charge in [0.1, 0.15) is 0 Å². The topological polar surface area (TPSA) is 0 Å². The van der Waals surface area contributed by atoms with Gasteiger partial charge in [-0.2, -0.15) is 0 Å². The second-order valence-corrected chi connectivity index (χ2v) is 4.30. The van der Waals surface area contributed by atoms with E-state index in [-0.39, 0.29) is 0 Å². The first-order valence-corrected chi connectivity index (χ1v) is 6.13. The van der Waals surface area contributed by atoms with Crippen molar-refractivity contribution in [2.24, 2.45) is 0 Å². The molecule has 0 heterocycles. The lowest BCUT2D eigenvalue weighted by atomic mass is 10.2. The summed E-state index contributed by atoms with van der Waals surface area (Å²) >= 11 is 3.48. The van der Waals surface area contributed by atoms with Crippen LogP contribution in [0, 0.1) is 0 Å². The Hall–Kier alpha value is -1.78. The molecule has 0 radical (unpaired) electrons. The van der Waals surface area contributed by atoms with Gasteiger partial charge in [-0.05, 0) is 33.1 Å². The van der Waals surface area contributed by atoms with Crippen LogP contribution in [0.15, 0.2) is 72.1 Å². The van der Waals surface area contributed by atoms with E-state index >= 15 is 0 Å². The third-order valence-corrected chi connectivity index (χ3v) is 2.90. The highest BCUT2D eigenvalue weighted by molar-refractivity contribution is 9.15. The van der Waals surface area contributed by atoms with Gasteiger partial charge < -0.3 is 0 Å². The van der Waals surface area contributed by atoms with Gasteiger partial charge in [-0.3, -0.25) is 0 Å². The summed E-state index contributed by atoms with van der Waals surface area (Å²) in [5.41, 5.74) is 8.33. The van der Waals surface area contributed by atoms with Gasteiger partial charge in [0.15, 0.2) is 0 Å². The second-order valence-electron chi connectivity index (χ2n) is 3.50. The summed E-state index contributed by atoms with van der Waals surface area (Å²) in [6.45, 7) is 0. The molecule has 0 unspecified atom stereocenters. The third-order valence-electron chi connectivity index (χ3n) is 2.25. The van der Waals surface area contributed by atoms with Gasteiger partial charge in [0.05, 0.1) is 4.48 Å². The summed E-state index contributed by atoms with van der Waals surface area (Å²) in [6, 6.07) is 20.1. The van der Waals surface area contributed by atoms with Gasteiger partial charge in [0, 0.05) is 0 Å². The van der Waals surface area contributed by atoms with Gasteiger partial charge in [0.25, 0.3) is 0 Å². The van der Waals surface area contributed by atoms with E-state index < -0.39 is 0 Å². The molecule has 0 aliphatic carbocycles. The highest BCUT2D eigenvalue weighted by Crippen LogP contribution is 2.18. The summed E-state index contributed by atoms with van der Waals surface area (Å²) in [6.07, 6.45) is 1.91. The molecule has 0 atom stereocenters. The quantitative estimate of drug-likeness (QED) is 0.688. The van der Waals surface area contributed by atoms with E-state index in [2.05, 4.69) is 27.4 Å². The Kier molecular flexibility index (Phi) is 4.18. The molecule has 2 aromatic rings. The van der Waals surface area contributed by atoms with Crippen LogP contribution in [0.3, 0.4) is 0 Å². The second kappa shape index (κ2) is 6.08. The molecule has 0 aromatic heterocycles. The molecule has 0 saturated heterocycles. The Morgan fingerprint density at radius 3 is 2.12 bits per heavy atom. The standard InChI is InChI=1S/C16H11Br/c17-16(15-11-5-2-6-12-15)13-7-10-14-8-3-1-4-9-14/h1-6,8-12H. The molecule has 0 fully saturated rings. The largest absolute Gasteiger partial charge is 0.0749 e. The molecular weight excluding hydrogens is 272 g/mol. The van der Waals surface area contributed by atoms with Gasteiger partial charge in [-0.15, -0.1) is 0 Å². The number of benzene rings is 2. The van der Waals surface area contributed by atoms with Crippen LogP contribution in [0.2, 0.25) is 0 Å². The minimum atomic E-state index is 0.908. The zero-order valence-corrected chi connectivity index (χ0v) is 10.8. The molecule has 82 valence electrons. The number of rotatable bonds is 2. The van der Waals surface area contributed by atoms with E-state index in [1.165, 1.54) is 0 Å². The Bertz CT molecular complexity index is 569. The maximum atomic E-state index is 3.48. The van der Waals surface area contributed by atoms with Gasteiger partial charge in [0.2, 0.25) is 0 Å². The maximum absolute atomic E-state index is 3.48. The molecule has 0 spiro atoms. The summed E-state index contributed by atoms with van der Waals surface area (Å²) in [4.78, 5) is 0. The predicted molar refractivity (Wildman–Crippen MR) is 76.7 cm³/mol. The zero-order valence-electron chi connectivity index (χ0n) is 9.23.